The van der Waals surface area contributed by atoms with E-state index in [0.717, 1.165) is 30.8 Å². The number of nitrogens with zero attached hydrogens (tertiary/aromatic N) is 4. The molecule has 1 unspecified atom stereocenters. The quantitative estimate of drug-likeness (QED) is 0.915. The predicted molar refractivity (Wildman–Crippen MR) is 85.0 cm³/mol. The molecule has 0 aromatic carbocycles. The number of carbonyl (C=O) groups excluding carboxylic acids is 1. The van der Waals surface area contributed by atoms with Crippen LogP contribution in [0.3, 0.4) is 0 Å². The highest BCUT2D eigenvalue weighted by Gasteiger charge is 2.25. The Kier molecular flexibility index (Phi) is 4.55. The van der Waals surface area contributed by atoms with Crippen molar-refractivity contribution in [2.45, 2.75) is 38.6 Å². The van der Waals surface area contributed by atoms with Crippen LogP contribution < -0.4 is 5.69 Å². The molecule has 1 fully saturated rings. The average molecular weight is 315 g/mol. The summed E-state index contributed by atoms with van der Waals surface area (Å²) in [5, 5.41) is 4.30. The minimum absolute atomic E-state index is 0.138. The summed E-state index contributed by atoms with van der Waals surface area (Å²) in [6, 6.07) is 3.76. The largest absolute Gasteiger partial charge is 0.345 e. The highest BCUT2D eigenvalue weighted by Crippen LogP contribution is 2.25. The molecule has 1 aliphatic rings. The molecule has 0 saturated carbocycles. The topological polar surface area (TPSA) is 83.9 Å². The van der Waals surface area contributed by atoms with E-state index in [9.17, 15) is 9.59 Å². The fourth-order valence-electron chi connectivity index (χ4n) is 3.03. The molecule has 1 atom stereocenters. The van der Waals surface area contributed by atoms with E-state index in [1.165, 1.54) is 6.20 Å². The van der Waals surface area contributed by atoms with Gasteiger partial charge in [-0.1, -0.05) is 0 Å². The number of rotatable bonds is 4. The highest BCUT2D eigenvalue weighted by molar-refractivity contribution is 5.76. The van der Waals surface area contributed by atoms with Crippen LogP contribution in [0.1, 0.15) is 36.6 Å². The van der Waals surface area contributed by atoms with Crippen LogP contribution in [-0.2, 0) is 11.3 Å². The number of carbonyl (C=O) groups is 1. The van der Waals surface area contributed by atoms with Gasteiger partial charge in [0, 0.05) is 50.1 Å². The lowest BCUT2D eigenvalue weighted by Gasteiger charge is -2.32. The normalized spacial score (nSPS) is 18.1. The first-order valence-corrected chi connectivity index (χ1v) is 7.95. The molecule has 23 heavy (non-hydrogen) atoms. The Balaban J connectivity index is 1.59. The van der Waals surface area contributed by atoms with Gasteiger partial charge in [0.05, 0.1) is 5.69 Å². The van der Waals surface area contributed by atoms with E-state index in [4.69, 9.17) is 0 Å². The molecule has 1 N–H and O–H groups in total. The zero-order valence-electron chi connectivity index (χ0n) is 13.2. The Morgan fingerprint density at radius 2 is 2.30 bits per heavy atom. The fraction of sp³-hybridized carbons (Fsp3) is 0.500. The van der Waals surface area contributed by atoms with Gasteiger partial charge in [0.2, 0.25) is 5.91 Å². The van der Waals surface area contributed by atoms with Crippen LogP contribution in [0.2, 0.25) is 0 Å². The Bertz CT molecular complexity index is 736. The monoisotopic (exact) mass is 315 g/mol. The molecule has 122 valence electrons. The van der Waals surface area contributed by atoms with Crippen molar-refractivity contribution in [1.82, 2.24) is 24.6 Å². The Morgan fingerprint density at radius 3 is 3.04 bits per heavy atom. The van der Waals surface area contributed by atoms with Gasteiger partial charge in [-0.25, -0.2) is 9.78 Å². The van der Waals surface area contributed by atoms with Crippen molar-refractivity contribution in [3.8, 4) is 0 Å². The van der Waals surface area contributed by atoms with E-state index in [0.29, 0.717) is 19.5 Å². The number of H-pyrrole nitrogens is 1. The van der Waals surface area contributed by atoms with Crippen LogP contribution in [0.4, 0.5) is 0 Å². The van der Waals surface area contributed by atoms with Gasteiger partial charge >= 0.3 is 5.69 Å². The van der Waals surface area contributed by atoms with Gasteiger partial charge < -0.3 is 9.88 Å². The smallest absolute Gasteiger partial charge is 0.342 e. The minimum Gasteiger partial charge on any atom is -0.342 e. The summed E-state index contributed by atoms with van der Waals surface area (Å²) >= 11 is 0. The SMILES string of the molecule is Cc1ccn(CCC(=O)N2CCCC(c3ccnc(=O)[nH]3)C2)n1. The second-order valence-electron chi connectivity index (χ2n) is 5.98. The number of hydrogen-bond donors (Lipinski definition) is 1. The summed E-state index contributed by atoms with van der Waals surface area (Å²) < 4.78 is 1.80. The fourth-order valence-corrected chi connectivity index (χ4v) is 3.03. The Hall–Kier alpha value is -2.44. The Morgan fingerprint density at radius 1 is 1.43 bits per heavy atom. The molecule has 0 spiro atoms. The van der Waals surface area contributed by atoms with E-state index in [-0.39, 0.29) is 17.5 Å². The van der Waals surface area contributed by atoms with Gasteiger partial charge in [0.1, 0.15) is 0 Å². The molecule has 7 heteroatoms. The molecular weight excluding hydrogens is 294 g/mol. The highest BCUT2D eigenvalue weighted by atomic mass is 16.2. The standard InChI is InChI=1S/C16H21N5O2/c1-12-5-9-21(19-12)10-6-15(22)20-8-2-3-13(11-20)14-4-7-17-16(23)18-14/h4-5,7,9,13H,2-3,6,8,10-11H2,1H3,(H,17,18,23). The lowest BCUT2D eigenvalue weighted by molar-refractivity contribution is -0.132. The summed E-state index contributed by atoms with van der Waals surface area (Å²) in [6.45, 7) is 3.96. The van der Waals surface area contributed by atoms with E-state index < -0.39 is 0 Å². The van der Waals surface area contributed by atoms with E-state index in [2.05, 4.69) is 15.1 Å². The van der Waals surface area contributed by atoms with Crippen molar-refractivity contribution in [1.29, 1.82) is 0 Å². The third-order valence-corrected chi connectivity index (χ3v) is 4.24. The van der Waals surface area contributed by atoms with Crippen molar-refractivity contribution in [2.24, 2.45) is 0 Å². The molecule has 2 aromatic heterocycles. The molecule has 1 amide bonds. The summed E-state index contributed by atoms with van der Waals surface area (Å²) in [6.07, 6.45) is 5.78. The van der Waals surface area contributed by atoms with Crippen molar-refractivity contribution in [3.05, 3.63) is 46.4 Å². The van der Waals surface area contributed by atoms with E-state index >= 15 is 0 Å². The maximum atomic E-state index is 12.4. The number of likely N-dealkylation sites (tertiary alicyclic amines) is 1. The number of aryl methyl sites for hydroxylation is 2. The van der Waals surface area contributed by atoms with Crippen LogP contribution in [0.15, 0.2) is 29.3 Å². The number of amides is 1. The van der Waals surface area contributed by atoms with Gasteiger partial charge in [-0.2, -0.15) is 5.10 Å². The second kappa shape index (κ2) is 6.76. The predicted octanol–water partition coefficient (Wildman–Crippen LogP) is 1.07. The lowest BCUT2D eigenvalue weighted by Crippen LogP contribution is -2.40. The average Bonchev–Trinajstić information content (AvgIpc) is 2.98. The van der Waals surface area contributed by atoms with Gasteiger partial charge in [0.15, 0.2) is 0 Å². The van der Waals surface area contributed by atoms with Crippen molar-refractivity contribution in [3.63, 3.8) is 0 Å². The summed E-state index contributed by atoms with van der Waals surface area (Å²) in [4.78, 5) is 32.1. The van der Waals surface area contributed by atoms with Crippen molar-refractivity contribution >= 4 is 5.91 Å². The molecular formula is C16H21N5O2. The summed E-state index contributed by atoms with van der Waals surface area (Å²) in [5.74, 6) is 0.314. The summed E-state index contributed by atoms with van der Waals surface area (Å²) in [5.41, 5.74) is 1.49. The number of nitrogens with one attached hydrogen (secondary N) is 1. The van der Waals surface area contributed by atoms with Crippen LogP contribution >= 0.6 is 0 Å². The maximum absolute atomic E-state index is 12.4. The molecule has 7 nitrogen and oxygen atoms in total. The van der Waals surface area contributed by atoms with Gasteiger partial charge in [-0.15, -0.1) is 0 Å². The van der Waals surface area contributed by atoms with Crippen LogP contribution in [0, 0.1) is 6.92 Å². The molecule has 1 saturated heterocycles. The van der Waals surface area contributed by atoms with Crippen molar-refractivity contribution in [2.75, 3.05) is 13.1 Å². The van der Waals surface area contributed by atoms with Crippen molar-refractivity contribution < 1.29 is 4.79 Å². The van der Waals surface area contributed by atoms with Crippen LogP contribution in [-0.4, -0.2) is 43.6 Å². The third-order valence-electron chi connectivity index (χ3n) is 4.24. The molecule has 2 aromatic rings. The number of piperidine rings is 1. The zero-order valence-corrected chi connectivity index (χ0v) is 13.2. The van der Waals surface area contributed by atoms with Gasteiger partial charge in [0.25, 0.3) is 0 Å². The molecule has 3 rings (SSSR count). The number of aromatic amines is 1. The minimum atomic E-state index is -0.333. The first-order chi connectivity index (χ1) is 11.1. The maximum Gasteiger partial charge on any atom is 0.345 e. The molecule has 3 heterocycles. The first kappa shape index (κ1) is 15.5. The molecule has 0 radical (unpaired) electrons. The first-order valence-electron chi connectivity index (χ1n) is 7.95. The van der Waals surface area contributed by atoms with Gasteiger partial charge in [-0.3, -0.25) is 9.48 Å². The number of hydrogen-bond acceptors (Lipinski definition) is 4. The second-order valence-corrected chi connectivity index (χ2v) is 5.98. The number of aromatic nitrogens is 4. The van der Waals surface area contributed by atoms with Gasteiger partial charge in [-0.05, 0) is 31.9 Å². The van der Waals surface area contributed by atoms with Crippen LogP contribution in [0.25, 0.3) is 0 Å². The lowest BCUT2D eigenvalue weighted by atomic mass is 9.94. The van der Waals surface area contributed by atoms with E-state index in [1.54, 1.807) is 4.68 Å². The molecule has 0 aliphatic carbocycles. The Labute approximate surface area is 134 Å². The molecule has 1 aliphatic heterocycles. The third kappa shape index (κ3) is 3.85. The zero-order chi connectivity index (χ0) is 16.2. The molecule has 0 bridgehead atoms. The van der Waals surface area contributed by atoms with Crippen LogP contribution in [0.5, 0.6) is 0 Å². The van der Waals surface area contributed by atoms with E-state index in [1.807, 2.05) is 30.2 Å². The summed E-state index contributed by atoms with van der Waals surface area (Å²) in [7, 11) is 0.